The molecule has 12 heteroatoms. The maximum atomic E-state index is 11.6. The van der Waals surface area contributed by atoms with Gasteiger partial charge in [0.15, 0.2) is 0 Å². The summed E-state index contributed by atoms with van der Waals surface area (Å²) in [7, 11) is 1.88. The molecule has 2 rings (SSSR count). The number of nitrogens with one attached hydrogen (secondary N) is 2. The highest BCUT2D eigenvalue weighted by atomic mass is 16.2. The van der Waals surface area contributed by atoms with Crippen molar-refractivity contribution in [2.24, 2.45) is 5.73 Å². The Labute approximate surface area is 167 Å². The largest absolute Gasteiger partial charge is 0.373 e. The summed E-state index contributed by atoms with van der Waals surface area (Å²) in [5, 5.41) is 4.51. The topological polar surface area (TPSA) is 190 Å². The van der Waals surface area contributed by atoms with E-state index < -0.39 is 11.1 Å². The normalized spacial score (nSPS) is 24.5. The van der Waals surface area contributed by atoms with Crippen LogP contribution in [0.1, 0.15) is 46.5 Å². The average Bonchev–Trinajstić information content (AvgIpc) is 3.10. The van der Waals surface area contributed by atoms with Crippen molar-refractivity contribution in [3.63, 3.8) is 0 Å². The molecule has 162 valence electrons. The number of likely N-dealkylation sites (N-methyl/N-ethyl adjacent to an activating group) is 1. The number of amides is 4. The summed E-state index contributed by atoms with van der Waals surface area (Å²) in [5.41, 5.74) is 4.03. The second-order valence-electron chi connectivity index (χ2n) is 6.18. The van der Waals surface area contributed by atoms with Gasteiger partial charge in [-0.2, -0.15) is 19.2 Å². The van der Waals surface area contributed by atoms with Gasteiger partial charge < -0.3 is 5.73 Å². The summed E-state index contributed by atoms with van der Waals surface area (Å²) in [6.07, 6.45) is 2.11. The van der Waals surface area contributed by atoms with Crippen molar-refractivity contribution in [2.45, 2.75) is 57.5 Å². The van der Waals surface area contributed by atoms with Crippen molar-refractivity contribution in [1.29, 1.82) is 0 Å². The summed E-state index contributed by atoms with van der Waals surface area (Å²) in [6, 6.07) is 0. The molecule has 0 aromatic rings. The first-order chi connectivity index (χ1) is 13.5. The molecule has 2 saturated heterocycles. The number of nitrogens with two attached hydrogens (primary N) is 1. The standard InChI is InChI=1S/C9H16N2O2.C6H10N2O2.2CO2/c1-4-9(11(3)5-2)6-7(12)10-8(9)13;1-2-6(7)3-4(9)8-5(6)10;2*2-1-3/h4-6H2,1-3H3,(H,10,12,13);2-3,7H2,1H3,(H,8,9,10);;. The zero-order valence-electron chi connectivity index (χ0n) is 16.8. The highest BCUT2D eigenvalue weighted by Gasteiger charge is 2.47. The van der Waals surface area contributed by atoms with Gasteiger partial charge in [0.05, 0.1) is 12.8 Å². The van der Waals surface area contributed by atoms with Crippen LogP contribution in [0.25, 0.3) is 0 Å². The van der Waals surface area contributed by atoms with E-state index in [4.69, 9.17) is 24.9 Å². The van der Waals surface area contributed by atoms with Gasteiger partial charge in [-0.05, 0) is 26.4 Å². The summed E-state index contributed by atoms with van der Waals surface area (Å²) in [4.78, 5) is 78.6. The smallest absolute Gasteiger partial charge is 0.317 e. The van der Waals surface area contributed by atoms with Crippen LogP contribution in [-0.2, 0) is 38.4 Å². The molecule has 0 aromatic heterocycles. The third kappa shape index (κ3) is 7.84. The van der Waals surface area contributed by atoms with Crippen molar-refractivity contribution < 1.29 is 38.4 Å². The molecule has 2 fully saturated rings. The van der Waals surface area contributed by atoms with Crippen LogP contribution in [0.3, 0.4) is 0 Å². The van der Waals surface area contributed by atoms with Gasteiger partial charge in [0.2, 0.25) is 23.6 Å². The van der Waals surface area contributed by atoms with Gasteiger partial charge in [-0.1, -0.05) is 20.8 Å². The molecule has 0 radical (unpaired) electrons. The maximum Gasteiger partial charge on any atom is 0.373 e. The molecule has 2 aliphatic heterocycles. The summed E-state index contributed by atoms with van der Waals surface area (Å²) in [6.45, 7) is 6.48. The molecule has 29 heavy (non-hydrogen) atoms. The fourth-order valence-electron chi connectivity index (χ4n) is 2.75. The molecule has 4 amide bonds. The lowest BCUT2D eigenvalue weighted by molar-refractivity contribution is -0.193. The van der Waals surface area contributed by atoms with Crippen LogP contribution < -0.4 is 16.4 Å². The number of rotatable bonds is 4. The van der Waals surface area contributed by atoms with E-state index in [1.165, 1.54) is 0 Å². The van der Waals surface area contributed by atoms with Crippen LogP contribution in [0.5, 0.6) is 0 Å². The Balaban J connectivity index is 0. The van der Waals surface area contributed by atoms with E-state index in [-0.39, 0.29) is 42.4 Å². The predicted octanol–water partition coefficient (Wildman–Crippen LogP) is -1.89. The monoisotopic (exact) mass is 414 g/mol. The van der Waals surface area contributed by atoms with E-state index in [9.17, 15) is 19.2 Å². The van der Waals surface area contributed by atoms with E-state index >= 15 is 0 Å². The van der Waals surface area contributed by atoms with Gasteiger partial charge in [-0.15, -0.1) is 0 Å². The highest BCUT2D eigenvalue weighted by Crippen LogP contribution is 2.27. The molecular formula is C17H26N4O8. The van der Waals surface area contributed by atoms with Crippen molar-refractivity contribution in [3.8, 4) is 0 Å². The number of hydrogen-bond acceptors (Lipinski definition) is 10. The van der Waals surface area contributed by atoms with Gasteiger partial charge in [-0.25, -0.2) is 0 Å². The first kappa shape index (κ1) is 28.2. The van der Waals surface area contributed by atoms with Crippen molar-refractivity contribution in [2.75, 3.05) is 13.6 Å². The number of hydrogen-bond donors (Lipinski definition) is 3. The van der Waals surface area contributed by atoms with E-state index in [2.05, 4.69) is 10.6 Å². The van der Waals surface area contributed by atoms with Crippen LogP contribution in [-0.4, -0.2) is 65.5 Å². The third-order valence-electron chi connectivity index (χ3n) is 4.73. The second kappa shape index (κ2) is 13.2. The molecule has 2 aliphatic rings. The fourth-order valence-corrected chi connectivity index (χ4v) is 2.75. The number of nitrogens with zero attached hydrogens (tertiary/aromatic N) is 1. The molecule has 0 bridgehead atoms. The first-order valence-corrected chi connectivity index (χ1v) is 8.65. The molecule has 4 N–H and O–H groups in total. The minimum atomic E-state index is -0.933. The SMILES string of the molecule is CCC1(N)CC(=O)NC1=O.CCN(C)C1(CC)CC(=O)NC1=O.O=C=O.O=C=O. The lowest BCUT2D eigenvalue weighted by Gasteiger charge is -2.33. The van der Waals surface area contributed by atoms with Crippen molar-refractivity contribution in [3.05, 3.63) is 0 Å². The first-order valence-electron chi connectivity index (χ1n) is 8.65. The Hall–Kier alpha value is -3.04. The van der Waals surface area contributed by atoms with Gasteiger partial charge in [0.1, 0.15) is 11.1 Å². The molecule has 2 unspecified atom stereocenters. The number of carbonyl (C=O) groups excluding carboxylic acids is 8. The van der Waals surface area contributed by atoms with E-state index in [0.717, 1.165) is 6.54 Å². The zero-order chi connectivity index (χ0) is 23.3. The summed E-state index contributed by atoms with van der Waals surface area (Å²) >= 11 is 0. The predicted molar refractivity (Wildman–Crippen MR) is 94.1 cm³/mol. The Morgan fingerprint density at radius 2 is 1.28 bits per heavy atom. The number of carbonyl (C=O) groups is 4. The van der Waals surface area contributed by atoms with Gasteiger partial charge in [0.25, 0.3) is 0 Å². The molecule has 12 nitrogen and oxygen atoms in total. The van der Waals surface area contributed by atoms with Gasteiger partial charge >= 0.3 is 12.3 Å². The van der Waals surface area contributed by atoms with E-state index in [1.54, 1.807) is 6.92 Å². The van der Waals surface area contributed by atoms with Crippen molar-refractivity contribution in [1.82, 2.24) is 15.5 Å². The zero-order valence-corrected chi connectivity index (χ0v) is 16.8. The summed E-state index contributed by atoms with van der Waals surface area (Å²) in [5.74, 6) is -0.925. The minimum Gasteiger partial charge on any atom is -0.317 e. The Morgan fingerprint density at radius 3 is 1.48 bits per heavy atom. The van der Waals surface area contributed by atoms with E-state index in [0.29, 0.717) is 19.3 Å². The third-order valence-corrected chi connectivity index (χ3v) is 4.73. The number of imide groups is 2. The molecule has 2 heterocycles. The van der Waals surface area contributed by atoms with Gasteiger partial charge in [-0.3, -0.25) is 34.7 Å². The minimum absolute atomic E-state index is 0.127. The second-order valence-corrected chi connectivity index (χ2v) is 6.18. The van der Waals surface area contributed by atoms with Crippen LogP contribution in [0.2, 0.25) is 0 Å². The average molecular weight is 414 g/mol. The fraction of sp³-hybridized carbons (Fsp3) is 0.647. The molecule has 0 spiro atoms. The highest BCUT2D eigenvalue weighted by molar-refractivity contribution is 6.08. The lowest BCUT2D eigenvalue weighted by atomic mass is 9.92. The van der Waals surface area contributed by atoms with Crippen molar-refractivity contribution >= 4 is 35.9 Å². The van der Waals surface area contributed by atoms with Crippen LogP contribution >= 0.6 is 0 Å². The lowest BCUT2D eigenvalue weighted by Crippen LogP contribution is -2.51. The molecule has 0 aliphatic carbocycles. The van der Waals surface area contributed by atoms with Crippen LogP contribution in [0.4, 0.5) is 0 Å². The Morgan fingerprint density at radius 1 is 0.862 bits per heavy atom. The van der Waals surface area contributed by atoms with Crippen LogP contribution in [0, 0.1) is 0 Å². The summed E-state index contributed by atoms with van der Waals surface area (Å²) < 4.78 is 0. The van der Waals surface area contributed by atoms with Crippen LogP contribution in [0.15, 0.2) is 0 Å². The Kier molecular flexibility index (Phi) is 12.8. The van der Waals surface area contributed by atoms with E-state index in [1.807, 2.05) is 25.8 Å². The molecule has 0 aromatic carbocycles. The quantitative estimate of drug-likeness (QED) is 0.438. The molecular weight excluding hydrogens is 388 g/mol. The molecule has 2 atom stereocenters. The maximum absolute atomic E-state index is 11.6. The Bertz CT molecular complexity index is 671. The van der Waals surface area contributed by atoms with Gasteiger partial charge in [0, 0.05) is 0 Å². The molecule has 0 saturated carbocycles.